The van der Waals surface area contributed by atoms with E-state index in [0.717, 1.165) is 0 Å². The number of aromatic nitrogens is 4. The number of anilines is 1. The summed E-state index contributed by atoms with van der Waals surface area (Å²) in [4.78, 5) is 22.2. The van der Waals surface area contributed by atoms with Crippen molar-refractivity contribution in [2.24, 2.45) is 7.05 Å². The van der Waals surface area contributed by atoms with Crippen molar-refractivity contribution in [2.75, 3.05) is 26.1 Å². The molecule has 0 fully saturated rings. The van der Waals surface area contributed by atoms with Crippen molar-refractivity contribution in [3.8, 4) is 28.3 Å². The molecular formula is C18H18FN5O2. The fraction of sp³-hybridized carbons (Fsp3) is 0.222. The molecule has 0 atom stereocenters. The van der Waals surface area contributed by atoms with E-state index < -0.39 is 5.82 Å². The van der Waals surface area contributed by atoms with Crippen LogP contribution in [-0.2, 0) is 7.05 Å². The van der Waals surface area contributed by atoms with Crippen molar-refractivity contribution in [1.29, 1.82) is 0 Å². The molecule has 0 aliphatic rings. The third kappa shape index (κ3) is 3.26. The zero-order chi connectivity index (χ0) is 18.8. The standard InChI is InChI=1S/C18H18FN5O2/c1-23(2)18-20-10-12(14-6-8-16(25)24(3)22-14)17(21-18)11-5-7-15(26-4)13(19)9-11/h5-10H,1-4H3. The molecule has 134 valence electrons. The Labute approximate surface area is 149 Å². The summed E-state index contributed by atoms with van der Waals surface area (Å²) in [5.41, 5.74) is 1.95. The van der Waals surface area contributed by atoms with E-state index in [9.17, 15) is 9.18 Å². The first-order chi connectivity index (χ1) is 12.4. The quantitative estimate of drug-likeness (QED) is 0.714. The lowest BCUT2D eigenvalue weighted by molar-refractivity contribution is 0.386. The molecule has 0 saturated carbocycles. The Kier molecular flexibility index (Phi) is 4.66. The maximum Gasteiger partial charge on any atom is 0.266 e. The van der Waals surface area contributed by atoms with Gasteiger partial charge in [0.15, 0.2) is 11.6 Å². The summed E-state index contributed by atoms with van der Waals surface area (Å²) in [5.74, 6) is 0.136. The molecule has 0 radical (unpaired) electrons. The van der Waals surface area contributed by atoms with Crippen molar-refractivity contribution < 1.29 is 9.13 Å². The number of aryl methyl sites for hydroxylation is 1. The van der Waals surface area contributed by atoms with Crippen LogP contribution < -0.4 is 15.2 Å². The Morgan fingerprint density at radius 1 is 1.19 bits per heavy atom. The summed E-state index contributed by atoms with van der Waals surface area (Å²) in [5, 5.41) is 4.25. The largest absolute Gasteiger partial charge is 0.494 e. The van der Waals surface area contributed by atoms with Crippen LogP contribution in [0.25, 0.3) is 22.5 Å². The highest BCUT2D eigenvalue weighted by Crippen LogP contribution is 2.32. The van der Waals surface area contributed by atoms with Gasteiger partial charge in [-0.25, -0.2) is 19.0 Å². The minimum atomic E-state index is -0.491. The van der Waals surface area contributed by atoms with Crippen LogP contribution in [0.5, 0.6) is 5.75 Å². The number of benzene rings is 1. The summed E-state index contributed by atoms with van der Waals surface area (Å²) in [6.45, 7) is 0. The second-order valence-electron chi connectivity index (χ2n) is 5.86. The molecular weight excluding hydrogens is 337 g/mol. The number of rotatable bonds is 4. The first-order valence-corrected chi connectivity index (χ1v) is 7.83. The van der Waals surface area contributed by atoms with Crippen LogP contribution in [0.4, 0.5) is 10.3 Å². The van der Waals surface area contributed by atoms with E-state index in [4.69, 9.17) is 4.74 Å². The molecule has 0 saturated heterocycles. The number of methoxy groups -OCH3 is 1. The highest BCUT2D eigenvalue weighted by atomic mass is 19.1. The average molecular weight is 355 g/mol. The van der Waals surface area contributed by atoms with E-state index in [1.165, 1.54) is 23.9 Å². The number of hydrogen-bond donors (Lipinski definition) is 0. The van der Waals surface area contributed by atoms with E-state index in [1.54, 1.807) is 36.3 Å². The van der Waals surface area contributed by atoms with Crippen molar-refractivity contribution in [3.05, 3.63) is 52.7 Å². The molecule has 3 rings (SSSR count). The van der Waals surface area contributed by atoms with Crippen LogP contribution in [0, 0.1) is 5.82 Å². The maximum absolute atomic E-state index is 14.2. The van der Waals surface area contributed by atoms with Crippen LogP contribution in [0.2, 0.25) is 0 Å². The van der Waals surface area contributed by atoms with Gasteiger partial charge in [-0.1, -0.05) is 0 Å². The van der Waals surface area contributed by atoms with Crippen molar-refractivity contribution in [3.63, 3.8) is 0 Å². The van der Waals surface area contributed by atoms with Gasteiger partial charge < -0.3 is 9.64 Å². The van der Waals surface area contributed by atoms with Gasteiger partial charge in [-0.3, -0.25) is 4.79 Å². The lowest BCUT2D eigenvalue weighted by Crippen LogP contribution is -2.18. The highest BCUT2D eigenvalue weighted by Gasteiger charge is 2.16. The Bertz CT molecular complexity index is 1020. The monoisotopic (exact) mass is 355 g/mol. The third-order valence-electron chi connectivity index (χ3n) is 3.84. The van der Waals surface area contributed by atoms with Crippen LogP contribution in [0.3, 0.4) is 0 Å². The minimum Gasteiger partial charge on any atom is -0.494 e. The molecule has 7 nitrogen and oxygen atoms in total. The van der Waals surface area contributed by atoms with E-state index in [0.29, 0.717) is 28.5 Å². The molecule has 0 bridgehead atoms. The van der Waals surface area contributed by atoms with E-state index in [2.05, 4.69) is 15.1 Å². The van der Waals surface area contributed by atoms with Crippen LogP contribution in [0.15, 0.2) is 41.3 Å². The second-order valence-corrected chi connectivity index (χ2v) is 5.86. The second kappa shape index (κ2) is 6.91. The van der Waals surface area contributed by atoms with E-state index in [1.807, 2.05) is 14.1 Å². The third-order valence-corrected chi connectivity index (χ3v) is 3.84. The van der Waals surface area contributed by atoms with E-state index >= 15 is 0 Å². The van der Waals surface area contributed by atoms with Gasteiger partial charge in [0.25, 0.3) is 5.56 Å². The molecule has 0 spiro atoms. The summed E-state index contributed by atoms with van der Waals surface area (Å²) in [6, 6.07) is 7.63. The average Bonchev–Trinajstić information content (AvgIpc) is 2.63. The molecule has 0 unspecified atom stereocenters. The first kappa shape index (κ1) is 17.5. The number of halogens is 1. The number of ether oxygens (including phenoxy) is 1. The van der Waals surface area contributed by atoms with Crippen LogP contribution in [-0.4, -0.2) is 41.0 Å². The molecule has 3 aromatic rings. The number of nitrogens with zero attached hydrogens (tertiary/aromatic N) is 5. The topological polar surface area (TPSA) is 73.1 Å². The molecule has 1 aromatic carbocycles. The Morgan fingerprint density at radius 2 is 1.96 bits per heavy atom. The lowest BCUT2D eigenvalue weighted by Gasteiger charge is -2.15. The molecule has 0 aliphatic heterocycles. The normalized spacial score (nSPS) is 10.7. The number of hydrogen-bond acceptors (Lipinski definition) is 6. The van der Waals surface area contributed by atoms with Gasteiger partial charge in [-0.2, -0.15) is 5.10 Å². The molecule has 0 amide bonds. The molecule has 2 heterocycles. The highest BCUT2D eigenvalue weighted by molar-refractivity contribution is 5.79. The molecule has 26 heavy (non-hydrogen) atoms. The Morgan fingerprint density at radius 3 is 2.58 bits per heavy atom. The summed E-state index contributed by atoms with van der Waals surface area (Å²) >= 11 is 0. The minimum absolute atomic E-state index is 0.150. The fourth-order valence-electron chi connectivity index (χ4n) is 2.46. The molecule has 0 aliphatic carbocycles. The lowest BCUT2D eigenvalue weighted by atomic mass is 10.0. The Hall–Kier alpha value is -3.29. The molecule has 8 heteroatoms. The maximum atomic E-state index is 14.2. The van der Waals surface area contributed by atoms with Crippen molar-refractivity contribution in [1.82, 2.24) is 19.7 Å². The van der Waals surface area contributed by atoms with Gasteiger partial charge in [0.05, 0.1) is 18.5 Å². The van der Waals surface area contributed by atoms with Crippen LogP contribution in [0.1, 0.15) is 0 Å². The zero-order valence-electron chi connectivity index (χ0n) is 14.9. The van der Waals surface area contributed by atoms with Gasteiger partial charge in [-0.15, -0.1) is 0 Å². The smallest absolute Gasteiger partial charge is 0.266 e. The zero-order valence-corrected chi connectivity index (χ0v) is 14.9. The molecule has 2 aromatic heterocycles. The first-order valence-electron chi connectivity index (χ1n) is 7.83. The predicted octanol–water partition coefficient (Wildman–Crippen LogP) is 2.12. The van der Waals surface area contributed by atoms with E-state index in [-0.39, 0.29) is 11.3 Å². The van der Waals surface area contributed by atoms with Crippen LogP contribution >= 0.6 is 0 Å². The SMILES string of the molecule is COc1ccc(-c2nc(N(C)C)ncc2-c2ccc(=O)n(C)n2)cc1F. The summed E-state index contributed by atoms with van der Waals surface area (Å²) in [6.07, 6.45) is 1.62. The summed E-state index contributed by atoms with van der Waals surface area (Å²) in [7, 11) is 6.61. The van der Waals surface area contributed by atoms with Gasteiger partial charge in [-0.05, 0) is 24.3 Å². The predicted molar refractivity (Wildman–Crippen MR) is 96.8 cm³/mol. The summed E-state index contributed by atoms with van der Waals surface area (Å²) < 4.78 is 20.4. The van der Waals surface area contributed by atoms with Gasteiger partial charge >= 0.3 is 0 Å². The fourth-order valence-corrected chi connectivity index (χ4v) is 2.46. The molecule has 0 N–H and O–H groups in total. The van der Waals surface area contributed by atoms with Gasteiger partial charge in [0, 0.05) is 44.5 Å². The van der Waals surface area contributed by atoms with Crippen molar-refractivity contribution >= 4 is 5.95 Å². The Balaban J connectivity index is 2.23. The van der Waals surface area contributed by atoms with Gasteiger partial charge in [0.1, 0.15) is 0 Å². The van der Waals surface area contributed by atoms with Crippen molar-refractivity contribution in [2.45, 2.75) is 0 Å². The van der Waals surface area contributed by atoms with Gasteiger partial charge in [0.2, 0.25) is 5.95 Å².